The molecule has 146 valence electrons. The Morgan fingerprint density at radius 2 is 1.56 bits per heavy atom. The Kier molecular flexibility index (Phi) is 8.04. The SMILES string of the molecule is CS(=O)(=O)OC(=O)c1cc(CO)cc(-c2cc(Cl)cc(Cl)c2)c1.N=C(N)N. The van der Waals surface area contributed by atoms with E-state index in [4.69, 9.17) is 28.6 Å². The van der Waals surface area contributed by atoms with Gasteiger partial charge in [0.1, 0.15) is 0 Å². The van der Waals surface area contributed by atoms with Crippen LogP contribution < -0.4 is 11.5 Å². The normalized spacial score (nSPS) is 10.5. The third-order valence-corrected chi connectivity index (χ3v) is 3.72. The maximum Gasteiger partial charge on any atom is 0.353 e. The summed E-state index contributed by atoms with van der Waals surface area (Å²) in [7, 11) is -3.94. The minimum atomic E-state index is -3.94. The Balaban J connectivity index is 0.000000828. The van der Waals surface area contributed by atoms with Gasteiger partial charge in [-0.3, -0.25) is 5.41 Å². The lowest BCUT2D eigenvalue weighted by atomic mass is 10.00. The van der Waals surface area contributed by atoms with Gasteiger partial charge in [-0.2, -0.15) is 8.42 Å². The van der Waals surface area contributed by atoms with E-state index in [1.165, 1.54) is 12.1 Å². The molecule has 2 rings (SSSR count). The summed E-state index contributed by atoms with van der Waals surface area (Å²) in [6.45, 7) is -0.332. The van der Waals surface area contributed by atoms with Gasteiger partial charge in [0, 0.05) is 10.0 Å². The first-order valence-electron chi connectivity index (χ1n) is 7.16. The molecular weight excluding hydrogens is 417 g/mol. The fourth-order valence-electron chi connectivity index (χ4n) is 1.97. The minimum absolute atomic E-state index is 0.00641. The summed E-state index contributed by atoms with van der Waals surface area (Å²) in [6, 6.07) is 9.25. The van der Waals surface area contributed by atoms with Crippen LogP contribution in [0.1, 0.15) is 15.9 Å². The van der Waals surface area contributed by atoms with E-state index in [9.17, 15) is 18.3 Å². The molecule has 0 fully saturated rings. The summed E-state index contributed by atoms with van der Waals surface area (Å²) in [5, 5.41) is 16.2. The Hall–Kier alpha value is -2.33. The number of nitrogens with two attached hydrogens (primary N) is 2. The lowest BCUT2D eigenvalue weighted by Gasteiger charge is -2.09. The van der Waals surface area contributed by atoms with Gasteiger partial charge in [0.2, 0.25) is 0 Å². The number of aliphatic hydroxyl groups excluding tert-OH is 1. The first-order valence-corrected chi connectivity index (χ1v) is 9.73. The van der Waals surface area contributed by atoms with Gasteiger partial charge in [-0.05, 0) is 53.1 Å². The fraction of sp³-hybridized carbons (Fsp3) is 0.125. The molecule has 0 bridgehead atoms. The van der Waals surface area contributed by atoms with Gasteiger partial charge >= 0.3 is 16.1 Å². The van der Waals surface area contributed by atoms with Gasteiger partial charge in [0.05, 0.1) is 18.4 Å². The molecule has 0 saturated carbocycles. The average Bonchev–Trinajstić information content (AvgIpc) is 2.51. The topological polar surface area (TPSA) is 157 Å². The van der Waals surface area contributed by atoms with Crippen molar-refractivity contribution in [1.29, 1.82) is 5.41 Å². The molecule has 2 aromatic rings. The van der Waals surface area contributed by atoms with Gasteiger partial charge in [0.25, 0.3) is 0 Å². The Labute approximate surface area is 166 Å². The van der Waals surface area contributed by atoms with Crippen LogP contribution in [0, 0.1) is 5.41 Å². The molecule has 0 saturated heterocycles. The highest BCUT2D eigenvalue weighted by Crippen LogP contribution is 2.29. The molecule has 0 heterocycles. The van der Waals surface area contributed by atoms with E-state index in [0.717, 1.165) is 6.26 Å². The molecule has 0 radical (unpaired) electrons. The maximum atomic E-state index is 11.9. The molecule has 0 amide bonds. The van der Waals surface area contributed by atoms with Crippen LogP contribution in [0.25, 0.3) is 11.1 Å². The van der Waals surface area contributed by atoms with E-state index >= 15 is 0 Å². The molecule has 0 atom stereocenters. The second-order valence-corrected chi connectivity index (χ2v) is 7.71. The average molecular weight is 434 g/mol. The molecular formula is C16H17Cl2N3O5S. The predicted octanol–water partition coefficient (Wildman–Crippen LogP) is 2.11. The van der Waals surface area contributed by atoms with Gasteiger partial charge in [0.15, 0.2) is 5.96 Å². The van der Waals surface area contributed by atoms with Gasteiger partial charge < -0.3 is 20.8 Å². The van der Waals surface area contributed by atoms with Crippen LogP contribution in [0.3, 0.4) is 0 Å². The van der Waals surface area contributed by atoms with Crippen LogP contribution in [-0.2, 0) is 20.9 Å². The van der Waals surface area contributed by atoms with E-state index in [-0.39, 0.29) is 18.1 Å². The summed E-state index contributed by atoms with van der Waals surface area (Å²) < 4.78 is 26.5. The first kappa shape index (κ1) is 22.7. The van der Waals surface area contributed by atoms with Crippen molar-refractivity contribution >= 4 is 45.2 Å². The molecule has 0 aliphatic rings. The monoisotopic (exact) mass is 433 g/mol. The number of hydrogen-bond donors (Lipinski definition) is 4. The van der Waals surface area contributed by atoms with Crippen LogP contribution in [0.4, 0.5) is 0 Å². The molecule has 0 unspecified atom stereocenters. The van der Waals surface area contributed by atoms with Crippen LogP contribution in [0.5, 0.6) is 0 Å². The molecule has 0 aliphatic heterocycles. The van der Waals surface area contributed by atoms with Crippen LogP contribution in [0.15, 0.2) is 36.4 Å². The van der Waals surface area contributed by atoms with Crippen LogP contribution in [-0.4, -0.2) is 31.7 Å². The lowest BCUT2D eigenvalue weighted by molar-refractivity contribution is 0.0748. The van der Waals surface area contributed by atoms with E-state index < -0.39 is 16.1 Å². The molecule has 27 heavy (non-hydrogen) atoms. The zero-order chi connectivity index (χ0) is 20.8. The van der Waals surface area contributed by atoms with Gasteiger partial charge in [-0.25, -0.2) is 4.79 Å². The van der Waals surface area contributed by atoms with Crippen molar-refractivity contribution in [3.8, 4) is 11.1 Å². The van der Waals surface area contributed by atoms with Crippen molar-refractivity contribution in [2.45, 2.75) is 6.61 Å². The van der Waals surface area contributed by atoms with Gasteiger partial charge in [-0.1, -0.05) is 23.2 Å². The van der Waals surface area contributed by atoms with Crippen molar-refractivity contribution in [3.63, 3.8) is 0 Å². The summed E-state index contributed by atoms with van der Waals surface area (Å²) in [6.07, 6.45) is 0.776. The van der Waals surface area contributed by atoms with Crippen LogP contribution in [0.2, 0.25) is 10.0 Å². The smallest absolute Gasteiger partial charge is 0.353 e. The van der Waals surface area contributed by atoms with E-state index in [2.05, 4.69) is 15.7 Å². The first-order chi connectivity index (χ1) is 12.4. The highest BCUT2D eigenvalue weighted by molar-refractivity contribution is 7.86. The Bertz CT molecular complexity index is 940. The fourth-order valence-corrected chi connectivity index (χ4v) is 2.87. The molecule has 6 N–H and O–H groups in total. The molecule has 2 aromatic carbocycles. The summed E-state index contributed by atoms with van der Waals surface area (Å²) in [5.41, 5.74) is 10.5. The number of aliphatic hydroxyl groups is 1. The van der Waals surface area contributed by atoms with Crippen molar-refractivity contribution < 1.29 is 22.5 Å². The maximum absolute atomic E-state index is 11.9. The van der Waals surface area contributed by atoms with Crippen LogP contribution >= 0.6 is 23.2 Å². The largest absolute Gasteiger partial charge is 0.392 e. The molecule has 0 aliphatic carbocycles. The van der Waals surface area contributed by atoms with Crippen molar-refractivity contribution in [2.75, 3.05) is 6.26 Å². The van der Waals surface area contributed by atoms with Crippen molar-refractivity contribution in [3.05, 3.63) is 57.6 Å². The molecule has 11 heteroatoms. The second kappa shape index (κ2) is 9.56. The molecule has 0 aromatic heterocycles. The minimum Gasteiger partial charge on any atom is -0.392 e. The van der Waals surface area contributed by atoms with E-state index in [0.29, 0.717) is 26.7 Å². The zero-order valence-corrected chi connectivity index (χ0v) is 16.4. The number of benzene rings is 2. The van der Waals surface area contributed by atoms with E-state index in [1.54, 1.807) is 24.3 Å². The van der Waals surface area contributed by atoms with Crippen molar-refractivity contribution in [2.24, 2.45) is 11.5 Å². The number of nitrogens with one attached hydrogen (secondary N) is 1. The summed E-state index contributed by atoms with van der Waals surface area (Å²) in [4.78, 5) is 11.9. The number of hydrogen-bond acceptors (Lipinski definition) is 6. The predicted molar refractivity (Wildman–Crippen MR) is 104 cm³/mol. The zero-order valence-electron chi connectivity index (χ0n) is 14.1. The number of guanidine groups is 1. The highest BCUT2D eigenvalue weighted by Gasteiger charge is 2.16. The second-order valence-electron chi connectivity index (χ2n) is 5.27. The number of rotatable bonds is 4. The lowest BCUT2D eigenvalue weighted by Crippen LogP contribution is -2.20. The Morgan fingerprint density at radius 3 is 2.00 bits per heavy atom. The molecule has 0 spiro atoms. The van der Waals surface area contributed by atoms with Gasteiger partial charge in [-0.15, -0.1) is 0 Å². The number of carbonyl (C=O) groups excluding carboxylic acids is 1. The van der Waals surface area contributed by atoms with Crippen molar-refractivity contribution in [1.82, 2.24) is 0 Å². The third-order valence-electron chi connectivity index (χ3n) is 2.83. The summed E-state index contributed by atoms with van der Waals surface area (Å²) >= 11 is 11.9. The number of halogens is 2. The quantitative estimate of drug-likeness (QED) is 0.326. The number of carbonyl (C=O) groups is 1. The third kappa shape index (κ3) is 8.27. The Morgan fingerprint density at radius 1 is 1.07 bits per heavy atom. The van der Waals surface area contributed by atoms with E-state index in [1.807, 2.05) is 0 Å². The standard InChI is InChI=1S/C15H12Cl2O5S.CH5N3/c1-23(20,21)22-15(19)12-3-9(8-18)2-10(4-12)11-5-13(16)7-14(17)6-11;2-1(3)4/h2-7,18H,8H2,1H3;(H5,2,3,4). The molecule has 8 nitrogen and oxygen atoms in total. The highest BCUT2D eigenvalue weighted by atomic mass is 35.5. The summed E-state index contributed by atoms with van der Waals surface area (Å²) in [5.74, 6) is -1.36.